The molecule has 0 aliphatic carbocycles. The molecule has 1 heterocycles. The van der Waals surface area contributed by atoms with Crippen molar-refractivity contribution in [3.8, 4) is 5.69 Å². The van der Waals surface area contributed by atoms with Crippen LogP contribution in [0.3, 0.4) is 0 Å². The number of sulfonamides is 1. The Morgan fingerprint density at radius 2 is 1.83 bits per heavy atom. The van der Waals surface area contributed by atoms with E-state index in [1.807, 2.05) is 47.2 Å². The highest BCUT2D eigenvalue weighted by Crippen LogP contribution is 2.15. The van der Waals surface area contributed by atoms with Crippen molar-refractivity contribution in [3.63, 3.8) is 0 Å². The third-order valence-electron chi connectivity index (χ3n) is 3.53. The van der Waals surface area contributed by atoms with Crippen LogP contribution in [0, 0.1) is 0 Å². The van der Waals surface area contributed by atoms with E-state index in [1.165, 1.54) is 0 Å². The molecule has 0 unspecified atom stereocenters. The average Bonchev–Trinajstić information content (AvgIpc) is 3.10. The number of halogens is 1. The van der Waals surface area contributed by atoms with E-state index >= 15 is 0 Å². The van der Waals surface area contributed by atoms with Crippen LogP contribution in [-0.4, -0.2) is 18.0 Å². The molecule has 7 heteroatoms. The Bertz CT molecular complexity index is 907. The first kappa shape index (κ1) is 16.9. The predicted molar refractivity (Wildman–Crippen MR) is 97.2 cm³/mol. The van der Waals surface area contributed by atoms with Crippen molar-refractivity contribution < 1.29 is 8.42 Å². The molecule has 0 spiro atoms. The molecule has 1 N–H and O–H groups in total. The summed E-state index contributed by atoms with van der Waals surface area (Å²) in [6.45, 7) is 0.229. The number of aromatic nitrogens is 2. The van der Waals surface area contributed by atoms with Crippen LogP contribution < -0.4 is 4.72 Å². The standard InChI is InChI=1S/C17H16BrN3O2S/c18-16-7-5-14(6-8-16)12-24(22,23)20-11-15-3-1-2-4-17(15)21-10-9-19-13-21/h1-10,13,20H,11-12H2. The normalized spacial score (nSPS) is 11.5. The summed E-state index contributed by atoms with van der Waals surface area (Å²) < 4.78 is 30.1. The zero-order valence-electron chi connectivity index (χ0n) is 12.8. The van der Waals surface area contributed by atoms with Gasteiger partial charge in [0.2, 0.25) is 10.0 Å². The van der Waals surface area contributed by atoms with Gasteiger partial charge in [-0.3, -0.25) is 0 Å². The van der Waals surface area contributed by atoms with E-state index in [-0.39, 0.29) is 12.3 Å². The number of hydrogen-bond acceptors (Lipinski definition) is 3. The number of nitrogens with one attached hydrogen (secondary N) is 1. The van der Waals surface area contributed by atoms with Crippen LogP contribution in [0.15, 0.2) is 71.7 Å². The summed E-state index contributed by atoms with van der Waals surface area (Å²) >= 11 is 3.34. The van der Waals surface area contributed by atoms with Gasteiger partial charge in [-0.25, -0.2) is 18.1 Å². The molecular formula is C17H16BrN3O2S. The quantitative estimate of drug-likeness (QED) is 0.684. The monoisotopic (exact) mass is 405 g/mol. The molecule has 3 rings (SSSR count). The maximum Gasteiger partial charge on any atom is 0.216 e. The summed E-state index contributed by atoms with van der Waals surface area (Å²) in [5, 5.41) is 0. The minimum Gasteiger partial charge on any atom is -0.306 e. The van der Waals surface area contributed by atoms with Gasteiger partial charge in [0.25, 0.3) is 0 Å². The van der Waals surface area contributed by atoms with Crippen molar-refractivity contribution in [2.75, 3.05) is 0 Å². The number of benzene rings is 2. The van der Waals surface area contributed by atoms with Gasteiger partial charge >= 0.3 is 0 Å². The van der Waals surface area contributed by atoms with Crippen LogP contribution in [0.2, 0.25) is 0 Å². The van der Waals surface area contributed by atoms with Crippen LogP contribution in [0.4, 0.5) is 0 Å². The van der Waals surface area contributed by atoms with Crippen molar-refractivity contribution in [1.29, 1.82) is 0 Å². The Balaban J connectivity index is 1.72. The van der Waals surface area contributed by atoms with Gasteiger partial charge in [-0.05, 0) is 29.3 Å². The van der Waals surface area contributed by atoms with Crippen LogP contribution in [0.25, 0.3) is 5.69 Å². The second-order valence-electron chi connectivity index (χ2n) is 5.31. The molecule has 0 bridgehead atoms. The van der Waals surface area contributed by atoms with Crippen LogP contribution in [0.1, 0.15) is 11.1 Å². The lowest BCUT2D eigenvalue weighted by molar-refractivity contribution is 0.580. The predicted octanol–water partition coefficient (Wildman–Crippen LogP) is 3.25. The van der Waals surface area contributed by atoms with E-state index in [2.05, 4.69) is 25.6 Å². The first-order valence-electron chi connectivity index (χ1n) is 7.31. The Morgan fingerprint density at radius 3 is 2.54 bits per heavy atom. The molecule has 124 valence electrons. The van der Waals surface area contributed by atoms with Gasteiger partial charge in [-0.1, -0.05) is 46.3 Å². The topological polar surface area (TPSA) is 64.0 Å². The summed E-state index contributed by atoms with van der Waals surface area (Å²) in [4.78, 5) is 4.03. The zero-order chi connectivity index (χ0) is 17.0. The number of para-hydroxylation sites is 1. The van der Waals surface area contributed by atoms with Crippen LogP contribution >= 0.6 is 15.9 Å². The third-order valence-corrected chi connectivity index (χ3v) is 5.35. The highest BCUT2D eigenvalue weighted by molar-refractivity contribution is 9.10. The molecule has 2 aromatic carbocycles. The molecule has 0 aliphatic heterocycles. The minimum absolute atomic E-state index is 0.0481. The average molecular weight is 406 g/mol. The van der Waals surface area contributed by atoms with E-state index in [0.717, 1.165) is 21.3 Å². The fourth-order valence-electron chi connectivity index (χ4n) is 2.35. The summed E-state index contributed by atoms with van der Waals surface area (Å²) in [6, 6.07) is 14.9. The number of hydrogen-bond donors (Lipinski definition) is 1. The van der Waals surface area contributed by atoms with Crippen LogP contribution in [-0.2, 0) is 22.3 Å². The molecule has 3 aromatic rings. The molecule has 0 saturated heterocycles. The van der Waals surface area contributed by atoms with Crippen molar-refractivity contribution in [3.05, 3.63) is 82.9 Å². The maximum atomic E-state index is 12.3. The maximum absolute atomic E-state index is 12.3. The van der Waals surface area contributed by atoms with Gasteiger partial charge in [-0.2, -0.15) is 0 Å². The van der Waals surface area contributed by atoms with Crippen molar-refractivity contribution in [2.45, 2.75) is 12.3 Å². The molecular weight excluding hydrogens is 390 g/mol. The summed E-state index contributed by atoms with van der Waals surface area (Å²) in [7, 11) is -3.42. The van der Waals surface area contributed by atoms with E-state index in [4.69, 9.17) is 0 Å². The SMILES string of the molecule is O=S(=O)(Cc1ccc(Br)cc1)NCc1ccccc1-n1ccnc1. The highest BCUT2D eigenvalue weighted by Gasteiger charge is 2.13. The van der Waals surface area contributed by atoms with Gasteiger partial charge in [0.1, 0.15) is 0 Å². The molecule has 0 atom stereocenters. The van der Waals surface area contributed by atoms with Gasteiger partial charge in [0.15, 0.2) is 0 Å². The number of rotatable bonds is 6. The zero-order valence-corrected chi connectivity index (χ0v) is 15.2. The number of nitrogens with zero attached hydrogens (tertiary/aromatic N) is 2. The van der Waals surface area contributed by atoms with Gasteiger partial charge < -0.3 is 4.57 Å². The fraction of sp³-hybridized carbons (Fsp3) is 0.118. The van der Waals surface area contributed by atoms with Crippen molar-refractivity contribution >= 4 is 26.0 Å². The molecule has 0 radical (unpaired) electrons. The van der Waals surface area contributed by atoms with Gasteiger partial charge in [-0.15, -0.1) is 0 Å². The molecule has 0 aliphatic rings. The van der Waals surface area contributed by atoms with Gasteiger partial charge in [0, 0.05) is 23.4 Å². The smallest absolute Gasteiger partial charge is 0.216 e. The molecule has 0 fully saturated rings. The Hall–Kier alpha value is -1.96. The van der Waals surface area contributed by atoms with E-state index in [1.54, 1.807) is 24.7 Å². The Morgan fingerprint density at radius 1 is 1.08 bits per heavy atom. The molecule has 0 saturated carbocycles. The Labute approximate surface area is 149 Å². The summed E-state index contributed by atoms with van der Waals surface area (Å²) in [5.74, 6) is -0.0481. The van der Waals surface area contributed by atoms with Crippen molar-refractivity contribution in [1.82, 2.24) is 14.3 Å². The second kappa shape index (κ2) is 7.29. The second-order valence-corrected chi connectivity index (χ2v) is 8.03. The molecule has 0 amide bonds. The largest absolute Gasteiger partial charge is 0.306 e. The van der Waals surface area contributed by atoms with Crippen molar-refractivity contribution in [2.24, 2.45) is 0 Å². The minimum atomic E-state index is -3.42. The molecule has 1 aromatic heterocycles. The van der Waals surface area contributed by atoms with E-state index in [9.17, 15) is 8.42 Å². The first-order valence-corrected chi connectivity index (χ1v) is 9.76. The third kappa shape index (κ3) is 4.31. The fourth-order valence-corrected chi connectivity index (χ4v) is 3.73. The number of imidazole rings is 1. The van der Waals surface area contributed by atoms with E-state index in [0.29, 0.717) is 0 Å². The lowest BCUT2D eigenvalue weighted by Crippen LogP contribution is -2.25. The summed E-state index contributed by atoms with van der Waals surface area (Å²) in [5.41, 5.74) is 2.53. The lowest BCUT2D eigenvalue weighted by atomic mass is 10.2. The van der Waals surface area contributed by atoms with Gasteiger partial charge in [0.05, 0.1) is 17.8 Å². The summed E-state index contributed by atoms with van der Waals surface area (Å²) in [6.07, 6.45) is 5.21. The lowest BCUT2D eigenvalue weighted by Gasteiger charge is -2.11. The van der Waals surface area contributed by atoms with E-state index < -0.39 is 10.0 Å². The highest BCUT2D eigenvalue weighted by atomic mass is 79.9. The molecule has 5 nitrogen and oxygen atoms in total. The molecule has 24 heavy (non-hydrogen) atoms. The first-order chi connectivity index (χ1) is 11.5. The Kier molecular flexibility index (Phi) is 5.13. The van der Waals surface area contributed by atoms with Crippen LogP contribution in [0.5, 0.6) is 0 Å².